The lowest BCUT2D eigenvalue weighted by Crippen LogP contribution is -2.45. The first-order valence-corrected chi connectivity index (χ1v) is 6.47. The minimum atomic E-state index is -1.16. The Hall–Kier alpha value is -2.41. The maximum Gasteiger partial charge on any atom is 0.305 e. The number of benzene rings is 1. The van der Waals surface area contributed by atoms with E-state index in [0.29, 0.717) is 5.69 Å². The summed E-state index contributed by atoms with van der Waals surface area (Å²) in [6, 6.07) is 7.46. The third-order valence-corrected chi connectivity index (χ3v) is 2.82. The highest BCUT2D eigenvalue weighted by molar-refractivity contribution is 5.98. The Morgan fingerprint density at radius 1 is 1.10 bits per heavy atom. The van der Waals surface area contributed by atoms with Gasteiger partial charge in [-0.2, -0.15) is 0 Å². The van der Waals surface area contributed by atoms with Gasteiger partial charge in [0.25, 0.3) is 0 Å². The SMILES string of the molecule is NC(CC(=O)O)C(=O)N(CCCC(=O)O)c1ccccc1. The van der Waals surface area contributed by atoms with Crippen molar-refractivity contribution >= 4 is 23.5 Å². The number of carboxylic acids is 2. The number of nitrogens with zero attached hydrogens (tertiary/aromatic N) is 1. The molecule has 0 saturated heterocycles. The van der Waals surface area contributed by atoms with E-state index in [1.807, 2.05) is 0 Å². The molecule has 1 amide bonds. The summed E-state index contributed by atoms with van der Waals surface area (Å²) in [5.74, 6) is -2.64. The molecule has 0 heterocycles. The molecule has 0 saturated carbocycles. The van der Waals surface area contributed by atoms with Gasteiger partial charge in [-0.25, -0.2) is 0 Å². The highest BCUT2D eigenvalue weighted by atomic mass is 16.4. The monoisotopic (exact) mass is 294 g/mol. The van der Waals surface area contributed by atoms with Crippen LogP contribution in [0, 0.1) is 0 Å². The molecule has 0 aliphatic heterocycles. The third kappa shape index (κ3) is 5.62. The van der Waals surface area contributed by atoms with Gasteiger partial charge in [-0.15, -0.1) is 0 Å². The molecule has 114 valence electrons. The van der Waals surface area contributed by atoms with E-state index in [4.69, 9.17) is 15.9 Å². The fourth-order valence-electron chi connectivity index (χ4n) is 1.84. The fraction of sp³-hybridized carbons (Fsp3) is 0.357. The number of carbonyl (C=O) groups excluding carboxylic acids is 1. The first kappa shape index (κ1) is 16.6. The van der Waals surface area contributed by atoms with Crippen LogP contribution in [0.1, 0.15) is 19.3 Å². The van der Waals surface area contributed by atoms with Crippen molar-refractivity contribution in [2.24, 2.45) is 5.73 Å². The summed E-state index contributed by atoms with van der Waals surface area (Å²) in [6.07, 6.45) is -0.290. The lowest BCUT2D eigenvalue weighted by atomic mass is 10.1. The van der Waals surface area contributed by atoms with Crippen molar-refractivity contribution in [2.45, 2.75) is 25.3 Å². The summed E-state index contributed by atoms with van der Waals surface area (Å²) in [6.45, 7) is 0.169. The highest BCUT2D eigenvalue weighted by Gasteiger charge is 2.24. The van der Waals surface area contributed by atoms with Gasteiger partial charge in [-0.1, -0.05) is 18.2 Å². The molecule has 4 N–H and O–H groups in total. The Morgan fingerprint density at radius 2 is 1.71 bits per heavy atom. The smallest absolute Gasteiger partial charge is 0.305 e. The van der Waals surface area contributed by atoms with Crippen LogP contribution in [-0.4, -0.2) is 40.6 Å². The molecule has 0 radical (unpaired) electrons. The number of anilines is 1. The van der Waals surface area contributed by atoms with Crippen molar-refractivity contribution in [2.75, 3.05) is 11.4 Å². The van der Waals surface area contributed by atoms with Crippen LogP contribution in [0.3, 0.4) is 0 Å². The molecule has 0 aliphatic carbocycles. The lowest BCUT2D eigenvalue weighted by Gasteiger charge is -2.25. The fourth-order valence-corrected chi connectivity index (χ4v) is 1.84. The van der Waals surface area contributed by atoms with Gasteiger partial charge < -0.3 is 20.8 Å². The maximum absolute atomic E-state index is 12.2. The predicted molar refractivity (Wildman–Crippen MR) is 75.9 cm³/mol. The van der Waals surface area contributed by atoms with Crippen LogP contribution >= 0.6 is 0 Å². The molecular formula is C14H18N2O5. The van der Waals surface area contributed by atoms with Gasteiger partial charge in [0.2, 0.25) is 5.91 Å². The van der Waals surface area contributed by atoms with Gasteiger partial charge in [0.1, 0.15) is 0 Å². The van der Waals surface area contributed by atoms with Crippen molar-refractivity contribution in [3.63, 3.8) is 0 Å². The average Bonchev–Trinajstić information content (AvgIpc) is 2.43. The summed E-state index contributed by atoms with van der Waals surface area (Å²) in [7, 11) is 0. The molecule has 0 spiro atoms. The lowest BCUT2D eigenvalue weighted by molar-refractivity contribution is -0.139. The second-order valence-electron chi connectivity index (χ2n) is 4.53. The zero-order valence-corrected chi connectivity index (χ0v) is 11.4. The highest BCUT2D eigenvalue weighted by Crippen LogP contribution is 2.16. The molecule has 0 fully saturated rings. The van der Waals surface area contributed by atoms with Crippen LogP contribution in [0.25, 0.3) is 0 Å². The first-order chi connectivity index (χ1) is 9.91. The van der Waals surface area contributed by atoms with Gasteiger partial charge in [0.05, 0.1) is 12.5 Å². The zero-order chi connectivity index (χ0) is 15.8. The largest absolute Gasteiger partial charge is 0.481 e. The standard InChI is InChI=1S/C14H18N2O5/c15-11(9-13(19)20)14(21)16(8-4-7-12(17)18)10-5-2-1-3-6-10/h1-3,5-6,11H,4,7-9,15H2,(H,17,18)(H,19,20). The van der Waals surface area contributed by atoms with Crippen molar-refractivity contribution in [3.05, 3.63) is 30.3 Å². The average molecular weight is 294 g/mol. The number of amides is 1. The molecule has 1 atom stereocenters. The maximum atomic E-state index is 12.2. The second-order valence-corrected chi connectivity index (χ2v) is 4.53. The van der Waals surface area contributed by atoms with E-state index in [9.17, 15) is 14.4 Å². The quantitative estimate of drug-likeness (QED) is 0.648. The molecule has 0 aliphatic rings. The Kier molecular flexibility index (Phi) is 6.35. The van der Waals surface area contributed by atoms with Crippen LogP contribution in [0.5, 0.6) is 0 Å². The summed E-state index contributed by atoms with van der Waals surface area (Å²) in [5, 5.41) is 17.4. The van der Waals surface area contributed by atoms with E-state index in [-0.39, 0.29) is 19.4 Å². The molecule has 0 bridgehead atoms. The predicted octanol–water partition coefficient (Wildman–Crippen LogP) is 0.686. The second kappa shape index (κ2) is 8.01. The molecule has 1 aromatic carbocycles. The third-order valence-electron chi connectivity index (χ3n) is 2.82. The van der Waals surface area contributed by atoms with Crippen LogP contribution < -0.4 is 10.6 Å². The summed E-state index contributed by atoms with van der Waals surface area (Å²) < 4.78 is 0. The van der Waals surface area contributed by atoms with Crippen molar-refractivity contribution in [1.82, 2.24) is 0 Å². The van der Waals surface area contributed by atoms with Crippen molar-refractivity contribution in [3.8, 4) is 0 Å². The van der Waals surface area contributed by atoms with Crippen molar-refractivity contribution in [1.29, 1.82) is 0 Å². The van der Waals surface area contributed by atoms with E-state index in [0.717, 1.165) is 0 Å². The van der Waals surface area contributed by atoms with E-state index in [2.05, 4.69) is 0 Å². The number of carbonyl (C=O) groups is 3. The van der Waals surface area contributed by atoms with E-state index >= 15 is 0 Å². The van der Waals surface area contributed by atoms with Crippen LogP contribution in [-0.2, 0) is 14.4 Å². The van der Waals surface area contributed by atoms with Gasteiger partial charge in [0, 0.05) is 18.7 Å². The van der Waals surface area contributed by atoms with Gasteiger partial charge in [0.15, 0.2) is 0 Å². The van der Waals surface area contributed by atoms with E-state index < -0.39 is 30.3 Å². The van der Waals surface area contributed by atoms with Gasteiger partial charge in [-0.05, 0) is 18.6 Å². The molecule has 7 nitrogen and oxygen atoms in total. The topological polar surface area (TPSA) is 121 Å². The summed E-state index contributed by atoms with van der Waals surface area (Å²) in [5.41, 5.74) is 6.16. The molecule has 21 heavy (non-hydrogen) atoms. The first-order valence-electron chi connectivity index (χ1n) is 6.47. The normalized spacial score (nSPS) is 11.7. The minimum Gasteiger partial charge on any atom is -0.481 e. The van der Waals surface area contributed by atoms with Gasteiger partial charge in [-0.3, -0.25) is 14.4 Å². The Bertz CT molecular complexity index is 503. The molecule has 1 rings (SSSR count). The summed E-state index contributed by atoms with van der Waals surface area (Å²) in [4.78, 5) is 34.8. The number of hydrogen-bond donors (Lipinski definition) is 3. The number of rotatable bonds is 8. The molecule has 7 heteroatoms. The van der Waals surface area contributed by atoms with E-state index in [1.165, 1.54) is 4.90 Å². The number of carboxylic acid groups (broad SMARTS) is 2. The molecule has 1 unspecified atom stereocenters. The summed E-state index contributed by atoms with van der Waals surface area (Å²) >= 11 is 0. The Morgan fingerprint density at radius 3 is 2.24 bits per heavy atom. The molecule has 0 aromatic heterocycles. The number of para-hydroxylation sites is 1. The van der Waals surface area contributed by atoms with Crippen LogP contribution in [0.15, 0.2) is 30.3 Å². The number of aliphatic carboxylic acids is 2. The molecular weight excluding hydrogens is 276 g/mol. The van der Waals surface area contributed by atoms with Crippen LogP contribution in [0.2, 0.25) is 0 Å². The van der Waals surface area contributed by atoms with Crippen molar-refractivity contribution < 1.29 is 24.6 Å². The number of hydrogen-bond acceptors (Lipinski definition) is 4. The van der Waals surface area contributed by atoms with E-state index in [1.54, 1.807) is 30.3 Å². The minimum absolute atomic E-state index is 0.0786. The Balaban J connectivity index is 2.83. The zero-order valence-electron chi connectivity index (χ0n) is 11.4. The molecule has 1 aromatic rings. The number of nitrogens with two attached hydrogens (primary N) is 1. The Labute approximate surface area is 122 Å². The van der Waals surface area contributed by atoms with Crippen LogP contribution in [0.4, 0.5) is 5.69 Å². The van der Waals surface area contributed by atoms with Gasteiger partial charge >= 0.3 is 11.9 Å².